The molecule has 0 spiro atoms. The zero-order valence-electron chi connectivity index (χ0n) is 9.77. The van der Waals surface area contributed by atoms with Crippen molar-refractivity contribution in [2.75, 3.05) is 0 Å². The molecule has 2 nitrogen and oxygen atoms in total. The highest BCUT2D eigenvalue weighted by Crippen LogP contribution is 2.39. The van der Waals surface area contributed by atoms with Gasteiger partial charge in [-0.3, -0.25) is 4.79 Å². The molecule has 0 amide bonds. The molecule has 1 aromatic rings. The van der Waals surface area contributed by atoms with Crippen molar-refractivity contribution in [1.82, 2.24) is 0 Å². The minimum absolute atomic E-state index is 0.0132. The average Bonchev–Trinajstić information content (AvgIpc) is 2.36. The van der Waals surface area contributed by atoms with Crippen LogP contribution in [0.25, 0.3) is 0 Å². The molecule has 2 atom stereocenters. The van der Waals surface area contributed by atoms with Crippen LogP contribution in [0.1, 0.15) is 35.2 Å². The minimum Gasteiger partial charge on any atom is -0.293 e. The standard InChI is InChI=1S/C15H14O2/c1-3-6-11-12-7-4-5-8-13(12)15(17)10(2)14(11)9-16/h3-5,7-8,10-11H,1,6H2,2H3. The molecule has 1 aliphatic rings. The monoisotopic (exact) mass is 226 g/mol. The summed E-state index contributed by atoms with van der Waals surface area (Å²) in [5.41, 5.74) is 2.20. The number of Topliss-reactive ketones (excluding diaryl/α,β-unsaturated/α-hetero) is 1. The SMILES string of the molecule is C=CCC1C(=C=O)C(C)C(=O)c2ccccc21. The first kappa shape index (κ1) is 11.6. The molecule has 0 saturated carbocycles. The number of hydrogen-bond donors (Lipinski definition) is 0. The quantitative estimate of drug-likeness (QED) is 0.574. The Balaban J connectivity index is 2.64. The zero-order chi connectivity index (χ0) is 12.4. The van der Waals surface area contributed by atoms with E-state index in [0.717, 1.165) is 11.1 Å². The second-order valence-electron chi connectivity index (χ2n) is 4.31. The number of ketones is 1. The topological polar surface area (TPSA) is 34.1 Å². The molecule has 0 aliphatic heterocycles. The predicted molar refractivity (Wildman–Crippen MR) is 66.7 cm³/mol. The second kappa shape index (κ2) is 4.52. The van der Waals surface area contributed by atoms with Gasteiger partial charge in [0.1, 0.15) is 5.94 Å². The van der Waals surface area contributed by atoms with Crippen molar-refractivity contribution >= 4 is 11.7 Å². The Bertz CT molecular complexity index is 521. The van der Waals surface area contributed by atoms with E-state index >= 15 is 0 Å². The number of benzene rings is 1. The molecule has 0 fully saturated rings. The molecule has 2 heteroatoms. The van der Waals surface area contributed by atoms with E-state index < -0.39 is 0 Å². The molecular weight excluding hydrogens is 212 g/mol. The molecule has 1 aliphatic carbocycles. The van der Waals surface area contributed by atoms with E-state index in [-0.39, 0.29) is 17.6 Å². The largest absolute Gasteiger partial charge is 0.293 e. The summed E-state index contributed by atoms with van der Waals surface area (Å²) in [6.07, 6.45) is 2.44. The van der Waals surface area contributed by atoms with Gasteiger partial charge in [0.15, 0.2) is 5.78 Å². The summed E-state index contributed by atoms with van der Waals surface area (Å²) < 4.78 is 0. The van der Waals surface area contributed by atoms with Crippen molar-refractivity contribution in [3.05, 3.63) is 53.6 Å². The molecule has 0 N–H and O–H groups in total. The first-order valence-electron chi connectivity index (χ1n) is 5.69. The highest BCUT2D eigenvalue weighted by atomic mass is 16.1. The van der Waals surface area contributed by atoms with Crippen LogP contribution in [0.4, 0.5) is 0 Å². The van der Waals surface area contributed by atoms with Gasteiger partial charge in [-0.15, -0.1) is 6.58 Å². The van der Waals surface area contributed by atoms with Crippen molar-refractivity contribution in [2.24, 2.45) is 5.92 Å². The molecule has 0 radical (unpaired) electrons. The van der Waals surface area contributed by atoms with Crippen LogP contribution < -0.4 is 0 Å². The fraction of sp³-hybridized carbons (Fsp3) is 0.267. The average molecular weight is 226 g/mol. The van der Waals surface area contributed by atoms with Gasteiger partial charge in [-0.1, -0.05) is 37.3 Å². The Morgan fingerprint density at radius 3 is 2.76 bits per heavy atom. The summed E-state index contributed by atoms with van der Waals surface area (Å²) in [7, 11) is 0. The molecule has 0 heterocycles. The highest BCUT2D eigenvalue weighted by molar-refractivity contribution is 6.04. The third-order valence-electron chi connectivity index (χ3n) is 3.36. The maximum atomic E-state index is 12.1. The molecular formula is C15H14O2. The molecule has 0 saturated heterocycles. The van der Waals surface area contributed by atoms with Gasteiger partial charge in [-0.25, -0.2) is 4.79 Å². The summed E-state index contributed by atoms with van der Waals surface area (Å²) in [5, 5.41) is 0. The predicted octanol–water partition coefficient (Wildman–Crippen LogP) is 2.94. The fourth-order valence-corrected chi connectivity index (χ4v) is 2.45. The lowest BCUT2D eigenvalue weighted by Gasteiger charge is -2.28. The Morgan fingerprint density at radius 2 is 2.12 bits per heavy atom. The first-order chi connectivity index (χ1) is 8.20. The van der Waals surface area contributed by atoms with Crippen molar-refractivity contribution in [2.45, 2.75) is 19.3 Å². The summed E-state index contributed by atoms with van der Waals surface area (Å²) >= 11 is 0. The Labute approximate surface area is 101 Å². The lowest BCUT2D eigenvalue weighted by molar-refractivity contribution is 0.0937. The van der Waals surface area contributed by atoms with Crippen molar-refractivity contribution in [3.8, 4) is 0 Å². The van der Waals surface area contributed by atoms with Crippen molar-refractivity contribution in [1.29, 1.82) is 0 Å². The number of allylic oxidation sites excluding steroid dienone is 2. The third-order valence-corrected chi connectivity index (χ3v) is 3.36. The van der Waals surface area contributed by atoms with Gasteiger partial charge in [-0.2, -0.15) is 0 Å². The van der Waals surface area contributed by atoms with Crippen LogP contribution in [0, 0.1) is 5.92 Å². The highest BCUT2D eigenvalue weighted by Gasteiger charge is 2.35. The molecule has 0 bridgehead atoms. The summed E-state index contributed by atoms with van der Waals surface area (Å²) in [4.78, 5) is 23.2. The number of fused-ring (bicyclic) bond motifs is 1. The maximum Gasteiger partial charge on any atom is 0.170 e. The van der Waals surface area contributed by atoms with E-state index in [0.29, 0.717) is 12.0 Å². The van der Waals surface area contributed by atoms with Gasteiger partial charge < -0.3 is 0 Å². The Morgan fingerprint density at radius 1 is 1.41 bits per heavy atom. The number of hydrogen-bond acceptors (Lipinski definition) is 2. The van der Waals surface area contributed by atoms with Crippen LogP contribution in [-0.2, 0) is 4.79 Å². The lowest BCUT2D eigenvalue weighted by atomic mass is 9.72. The Kier molecular flexibility index (Phi) is 3.08. The summed E-state index contributed by atoms with van der Waals surface area (Å²) in [6, 6.07) is 7.47. The summed E-state index contributed by atoms with van der Waals surface area (Å²) in [5.74, 6) is 1.56. The van der Waals surface area contributed by atoms with Gasteiger partial charge >= 0.3 is 0 Å². The molecule has 17 heavy (non-hydrogen) atoms. The third kappa shape index (κ3) is 1.77. The van der Waals surface area contributed by atoms with Gasteiger partial charge in [-0.05, 0) is 12.0 Å². The van der Waals surface area contributed by atoms with E-state index in [2.05, 4.69) is 6.58 Å². The van der Waals surface area contributed by atoms with E-state index in [4.69, 9.17) is 0 Å². The first-order valence-corrected chi connectivity index (χ1v) is 5.69. The van der Waals surface area contributed by atoms with Crippen LogP contribution in [0.3, 0.4) is 0 Å². The van der Waals surface area contributed by atoms with Crippen LogP contribution >= 0.6 is 0 Å². The van der Waals surface area contributed by atoms with Crippen LogP contribution in [-0.4, -0.2) is 11.7 Å². The Hall–Kier alpha value is -1.92. The van der Waals surface area contributed by atoms with Gasteiger partial charge in [0.25, 0.3) is 0 Å². The zero-order valence-corrected chi connectivity index (χ0v) is 9.77. The fourth-order valence-electron chi connectivity index (χ4n) is 2.45. The number of rotatable bonds is 2. The lowest BCUT2D eigenvalue weighted by Crippen LogP contribution is -2.26. The van der Waals surface area contributed by atoms with Gasteiger partial charge in [0, 0.05) is 17.1 Å². The van der Waals surface area contributed by atoms with Crippen molar-refractivity contribution < 1.29 is 9.59 Å². The van der Waals surface area contributed by atoms with Crippen LogP contribution in [0.15, 0.2) is 42.5 Å². The minimum atomic E-state index is -0.368. The van der Waals surface area contributed by atoms with Gasteiger partial charge in [0.2, 0.25) is 0 Å². The second-order valence-corrected chi connectivity index (χ2v) is 4.31. The molecule has 1 aromatic carbocycles. The van der Waals surface area contributed by atoms with E-state index in [9.17, 15) is 9.59 Å². The molecule has 86 valence electrons. The van der Waals surface area contributed by atoms with E-state index in [1.807, 2.05) is 30.2 Å². The normalized spacial score (nSPS) is 22.9. The molecule has 2 rings (SSSR count). The van der Waals surface area contributed by atoms with E-state index in [1.165, 1.54) is 0 Å². The molecule has 0 aromatic heterocycles. The van der Waals surface area contributed by atoms with Crippen molar-refractivity contribution in [3.63, 3.8) is 0 Å². The smallest absolute Gasteiger partial charge is 0.170 e. The van der Waals surface area contributed by atoms with Gasteiger partial charge in [0.05, 0.1) is 5.92 Å². The summed E-state index contributed by atoms with van der Waals surface area (Å²) in [6.45, 7) is 5.48. The van der Waals surface area contributed by atoms with Crippen LogP contribution in [0.5, 0.6) is 0 Å². The molecule has 2 unspecified atom stereocenters. The number of carbonyl (C=O) groups is 1. The maximum absolute atomic E-state index is 12.1. The van der Waals surface area contributed by atoms with E-state index in [1.54, 1.807) is 13.0 Å². The van der Waals surface area contributed by atoms with Crippen LogP contribution in [0.2, 0.25) is 0 Å². The number of carbonyl (C=O) groups excluding carboxylic acids is 2.